The van der Waals surface area contributed by atoms with Crippen LogP contribution in [0.2, 0.25) is 0 Å². The SMILES string of the molecule is CNc1nc(N)nc2c1ncn2[C@@H]1O[C@@H]2C3OP(=S)(N[C@@H](C)C(=O)OC(C)C)O[C@]32[C@@]1(C)F. The van der Waals surface area contributed by atoms with E-state index in [4.69, 9.17) is 36.1 Å². The number of nitrogens with two attached hydrogens (primary N) is 1. The van der Waals surface area contributed by atoms with Crippen LogP contribution in [-0.2, 0) is 35.1 Å². The van der Waals surface area contributed by atoms with Crippen molar-refractivity contribution in [3.05, 3.63) is 6.33 Å². The summed E-state index contributed by atoms with van der Waals surface area (Å²) in [6, 6.07) is -0.785. The van der Waals surface area contributed by atoms with Crippen LogP contribution in [0.4, 0.5) is 16.2 Å². The van der Waals surface area contributed by atoms with E-state index in [1.54, 1.807) is 27.8 Å². The van der Waals surface area contributed by atoms with Gasteiger partial charge in [0.15, 0.2) is 34.5 Å². The maximum atomic E-state index is 16.4. The standard InChI is InChI=1S/C18H25FN7O5PS/c1-7(2)28-14(27)8(3)25-32(33)30-11-10-18(11,31-32)17(4,19)15(29-10)26-6-22-9-12(21-5)23-16(20)24-13(9)26/h6-8,10-11,15H,1-5H3,(H,25,33)(H3,20,21,23,24)/t8-,10+,11?,15+,17-,18-,32?/m0/s1. The number of hydrogen-bond donors (Lipinski definition) is 3. The molecule has 0 bridgehead atoms. The first-order valence-electron chi connectivity index (χ1n) is 10.4. The number of hydrogen-bond acceptors (Lipinski definition) is 11. The molecule has 5 rings (SSSR count). The Morgan fingerprint density at radius 3 is 2.79 bits per heavy atom. The number of nitrogens with one attached hydrogen (secondary N) is 2. The Morgan fingerprint density at radius 1 is 1.39 bits per heavy atom. The number of aromatic nitrogens is 4. The zero-order chi connectivity index (χ0) is 23.9. The molecule has 180 valence electrons. The van der Waals surface area contributed by atoms with E-state index in [1.165, 1.54) is 17.8 Å². The summed E-state index contributed by atoms with van der Waals surface area (Å²) in [4.78, 5) is 24.8. The van der Waals surface area contributed by atoms with Crippen LogP contribution < -0.4 is 16.1 Å². The van der Waals surface area contributed by atoms with Crippen LogP contribution in [-0.4, -0.2) is 68.2 Å². The molecule has 0 aromatic carbocycles. The molecule has 1 spiro atoms. The Kier molecular flexibility index (Phi) is 5.02. The van der Waals surface area contributed by atoms with Crippen molar-refractivity contribution in [1.29, 1.82) is 0 Å². The topological polar surface area (TPSA) is 148 Å². The van der Waals surface area contributed by atoms with Crippen molar-refractivity contribution < 1.29 is 27.7 Å². The van der Waals surface area contributed by atoms with Gasteiger partial charge in [0.2, 0.25) is 5.95 Å². The largest absolute Gasteiger partial charge is 0.462 e. The number of fused-ring (bicyclic) bond motifs is 2. The number of rotatable bonds is 6. The molecule has 2 unspecified atom stereocenters. The van der Waals surface area contributed by atoms with Gasteiger partial charge in [0.05, 0.1) is 12.4 Å². The van der Waals surface area contributed by atoms with Crippen LogP contribution in [0.25, 0.3) is 11.2 Å². The quantitative estimate of drug-likeness (QED) is 0.388. The summed E-state index contributed by atoms with van der Waals surface area (Å²) in [5, 5.41) is 5.79. The highest BCUT2D eigenvalue weighted by molar-refractivity contribution is 8.09. The first-order chi connectivity index (χ1) is 15.4. The lowest BCUT2D eigenvalue weighted by atomic mass is 9.97. The zero-order valence-electron chi connectivity index (χ0n) is 18.6. The second kappa shape index (κ2) is 7.27. The Morgan fingerprint density at radius 2 is 2.12 bits per heavy atom. The third kappa shape index (κ3) is 3.19. The van der Waals surface area contributed by atoms with E-state index in [-0.39, 0.29) is 12.1 Å². The van der Waals surface area contributed by atoms with Gasteiger partial charge in [-0.15, -0.1) is 0 Å². The van der Waals surface area contributed by atoms with Crippen molar-refractivity contribution in [3.8, 4) is 0 Å². The first kappa shape index (κ1) is 22.8. The van der Waals surface area contributed by atoms with E-state index in [9.17, 15) is 4.79 Å². The average Bonchev–Trinajstić information content (AvgIpc) is 3.01. The second-order valence-corrected chi connectivity index (χ2v) is 11.8. The number of esters is 1. The number of nitrogens with zero attached hydrogens (tertiary/aromatic N) is 4. The van der Waals surface area contributed by atoms with Gasteiger partial charge in [-0.3, -0.25) is 9.36 Å². The third-order valence-electron chi connectivity index (χ3n) is 6.02. The summed E-state index contributed by atoms with van der Waals surface area (Å²) >= 11 is 5.53. The van der Waals surface area contributed by atoms with Crippen LogP contribution in [0.3, 0.4) is 0 Å². The van der Waals surface area contributed by atoms with Crippen molar-refractivity contribution in [2.24, 2.45) is 0 Å². The zero-order valence-corrected chi connectivity index (χ0v) is 20.3. The van der Waals surface area contributed by atoms with Gasteiger partial charge in [-0.1, -0.05) is 0 Å². The van der Waals surface area contributed by atoms with E-state index in [1.807, 2.05) is 0 Å². The highest BCUT2D eigenvalue weighted by Gasteiger charge is 2.90. The van der Waals surface area contributed by atoms with Crippen LogP contribution in [0.5, 0.6) is 0 Å². The number of carbonyl (C=O) groups excluding carboxylic acids is 1. The minimum Gasteiger partial charge on any atom is -0.462 e. The lowest BCUT2D eigenvalue weighted by Gasteiger charge is -2.30. The molecule has 3 aliphatic rings. The van der Waals surface area contributed by atoms with Crippen molar-refractivity contribution >= 4 is 47.3 Å². The Labute approximate surface area is 193 Å². The summed E-state index contributed by atoms with van der Waals surface area (Å²) in [5.41, 5.74) is 3.08. The third-order valence-corrected chi connectivity index (χ3v) is 8.57. The number of alkyl halides is 1. The Bertz CT molecular complexity index is 1190. The van der Waals surface area contributed by atoms with E-state index in [2.05, 4.69) is 25.4 Å². The first-order valence-corrected chi connectivity index (χ1v) is 13.1. The molecule has 1 saturated carbocycles. The van der Waals surface area contributed by atoms with Crippen LogP contribution >= 0.6 is 6.64 Å². The number of nitrogen functional groups attached to an aromatic ring is 1. The molecule has 0 radical (unpaired) electrons. The van der Waals surface area contributed by atoms with Gasteiger partial charge >= 0.3 is 5.97 Å². The highest BCUT2D eigenvalue weighted by atomic mass is 32.5. The molecular weight excluding hydrogens is 476 g/mol. The number of carbonyl (C=O) groups is 1. The Balaban J connectivity index is 1.41. The summed E-state index contributed by atoms with van der Waals surface area (Å²) in [6.07, 6.45) is -1.35. The maximum Gasteiger partial charge on any atom is 0.323 e. The molecular formula is C18H25FN7O5PS. The molecule has 15 heteroatoms. The van der Waals surface area contributed by atoms with Gasteiger partial charge in [0.1, 0.15) is 18.2 Å². The molecule has 0 amide bonds. The van der Waals surface area contributed by atoms with Crippen LogP contribution in [0, 0.1) is 0 Å². The van der Waals surface area contributed by atoms with Gasteiger partial charge < -0.3 is 29.6 Å². The fourth-order valence-corrected chi connectivity index (χ4v) is 7.69. The summed E-state index contributed by atoms with van der Waals surface area (Å²) < 4.78 is 41.0. The maximum absolute atomic E-state index is 16.4. The van der Waals surface area contributed by atoms with Crippen molar-refractivity contribution in [2.75, 3.05) is 18.1 Å². The molecule has 3 fully saturated rings. The molecule has 4 N–H and O–H groups in total. The molecule has 12 nitrogen and oxygen atoms in total. The smallest absolute Gasteiger partial charge is 0.323 e. The van der Waals surface area contributed by atoms with E-state index in [0.717, 1.165) is 0 Å². The number of halogens is 1. The lowest BCUT2D eigenvalue weighted by Crippen LogP contribution is -2.44. The summed E-state index contributed by atoms with van der Waals surface area (Å²) in [5.74, 6) is -0.0729. The number of ether oxygens (including phenoxy) is 2. The van der Waals surface area contributed by atoms with Crippen molar-refractivity contribution in [1.82, 2.24) is 24.6 Å². The summed E-state index contributed by atoms with van der Waals surface area (Å²) in [6.45, 7) is 3.27. The molecule has 2 aliphatic heterocycles. The lowest BCUT2D eigenvalue weighted by molar-refractivity contribution is -0.149. The van der Waals surface area contributed by atoms with Gasteiger partial charge in [-0.2, -0.15) is 9.97 Å². The molecule has 33 heavy (non-hydrogen) atoms. The molecule has 1 aliphatic carbocycles. The van der Waals surface area contributed by atoms with E-state index in [0.29, 0.717) is 17.0 Å². The fraction of sp³-hybridized carbons (Fsp3) is 0.667. The number of anilines is 2. The van der Waals surface area contributed by atoms with Crippen molar-refractivity contribution in [3.63, 3.8) is 0 Å². The second-order valence-electron chi connectivity index (χ2n) is 8.73. The average molecular weight is 501 g/mol. The van der Waals surface area contributed by atoms with Crippen molar-refractivity contribution in [2.45, 2.75) is 69.5 Å². The fourth-order valence-electron chi connectivity index (χ4n) is 4.48. The molecule has 2 saturated heterocycles. The monoisotopic (exact) mass is 501 g/mol. The molecule has 2 aromatic rings. The highest BCUT2D eigenvalue weighted by Crippen LogP contribution is 2.77. The molecule has 2 aromatic heterocycles. The number of imidazole rings is 1. The van der Waals surface area contributed by atoms with Gasteiger partial charge in [-0.25, -0.2) is 14.5 Å². The Hall–Kier alpha value is -1.96. The summed E-state index contributed by atoms with van der Waals surface area (Å²) in [7, 11) is 1.67. The van der Waals surface area contributed by atoms with Gasteiger partial charge in [0, 0.05) is 7.05 Å². The van der Waals surface area contributed by atoms with Crippen LogP contribution in [0.1, 0.15) is 33.9 Å². The normalized spacial score (nSPS) is 37.7. The van der Waals surface area contributed by atoms with Gasteiger partial charge in [0.25, 0.3) is 6.64 Å². The minimum absolute atomic E-state index is 0.00998. The molecule has 4 heterocycles. The predicted octanol–water partition coefficient (Wildman–Crippen LogP) is 1.40. The minimum atomic E-state index is -3.18. The van der Waals surface area contributed by atoms with Gasteiger partial charge in [-0.05, 0) is 39.5 Å². The van der Waals surface area contributed by atoms with E-state index >= 15 is 4.39 Å². The predicted molar refractivity (Wildman–Crippen MR) is 120 cm³/mol. The molecule has 7 atom stereocenters. The van der Waals surface area contributed by atoms with E-state index < -0.39 is 48.4 Å². The van der Waals surface area contributed by atoms with Crippen LogP contribution in [0.15, 0.2) is 6.33 Å².